The second-order valence-electron chi connectivity index (χ2n) is 1.10. The van der Waals surface area contributed by atoms with Crippen molar-refractivity contribution in [1.82, 2.24) is 0 Å². The van der Waals surface area contributed by atoms with Crippen LogP contribution in [0.4, 0.5) is 0 Å². The van der Waals surface area contributed by atoms with Crippen LogP contribution in [0, 0.1) is 0 Å². The molecule has 0 amide bonds. The molecule has 0 aliphatic carbocycles. The third-order valence-electron chi connectivity index (χ3n) is 0. The normalized spacial score (nSPS) is 10.0. The second-order valence-corrected chi connectivity index (χ2v) is 3.30. The van der Waals surface area contributed by atoms with E-state index in [0.29, 0.717) is 0 Å². The van der Waals surface area contributed by atoms with E-state index >= 15 is 0 Å². The fourth-order valence-electron chi connectivity index (χ4n) is 0. The molecule has 0 aromatic heterocycles. The van der Waals surface area contributed by atoms with Crippen molar-refractivity contribution in [2.75, 3.05) is 0 Å². The van der Waals surface area contributed by atoms with Crippen LogP contribution < -0.4 is 19.2 Å². The monoisotopic (exact) mass is 268 g/mol. The third-order valence-corrected chi connectivity index (χ3v) is 0. The molecule has 64 valence electrons. The van der Waals surface area contributed by atoms with Gasteiger partial charge in [-0.15, -0.1) is 0 Å². The zero-order chi connectivity index (χ0) is 9.00. The Bertz CT molecular complexity index is 58.0. The molecule has 0 aliphatic rings. The Balaban J connectivity index is -0.0000000457. The predicted molar refractivity (Wildman–Crippen MR) is 31.9 cm³/mol. The van der Waals surface area contributed by atoms with Gasteiger partial charge in [0.25, 0.3) is 0 Å². The van der Waals surface area contributed by atoms with Gasteiger partial charge in [-0.25, -0.2) is 0 Å². The van der Waals surface area contributed by atoms with Crippen LogP contribution in [0.15, 0.2) is 0 Å². The average molecular weight is 268 g/mol. The van der Waals surface area contributed by atoms with Crippen molar-refractivity contribution in [1.29, 1.82) is 0 Å². The summed E-state index contributed by atoms with van der Waals surface area (Å²) < 4.78 is 0. The maximum Gasteiger partial charge on any atom is 2.00 e. The Morgan fingerprint density at radius 3 is 0.667 bits per heavy atom. The maximum absolute atomic E-state index is 8.58. The molecular weight excluding hydrogens is 264 g/mol. The van der Waals surface area contributed by atoms with Crippen molar-refractivity contribution < 1.29 is 38.4 Å². The molecule has 12 heavy (non-hydrogen) atoms. The van der Waals surface area contributed by atoms with Gasteiger partial charge in [-0.05, 0) is 0 Å². The molecule has 0 aliphatic heterocycles. The zero-order valence-electron chi connectivity index (χ0n) is 5.84. The van der Waals surface area contributed by atoms with Crippen LogP contribution in [-0.2, 0) is 0 Å². The molecule has 0 atom stereocenters. The summed E-state index contributed by atoms with van der Waals surface area (Å²) in [6.07, 6.45) is 0. The smallest absolute Gasteiger partial charge is 0.894 e. The van der Waals surface area contributed by atoms with Gasteiger partial charge in [0.05, 0.1) is 0 Å². The summed E-state index contributed by atoms with van der Waals surface area (Å²) in [5, 5.41) is 0. The first kappa shape index (κ1) is 24.1. The minimum Gasteiger partial charge on any atom is -0.894 e. The summed E-state index contributed by atoms with van der Waals surface area (Å²) in [5.74, 6) is 0. The van der Waals surface area contributed by atoms with Crippen LogP contribution in [0.3, 0.4) is 0 Å². The van der Waals surface area contributed by atoms with E-state index in [2.05, 4.69) is 0 Å². The second kappa shape index (κ2) is 10.2. The van der Waals surface area contributed by atoms with Crippen LogP contribution in [0.2, 0.25) is 0 Å². The SMILES string of the molecule is O[Si](O)(O)O.[Ca+2].[Ca+2].[O-][Si]([O-])([O-])[O-]. The molecule has 0 spiro atoms. The van der Waals surface area contributed by atoms with Gasteiger partial charge in [0, 0.05) is 0 Å². The van der Waals surface area contributed by atoms with Gasteiger partial charge >= 0.3 is 84.5 Å². The number of hydrogen-bond acceptors (Lipinski definition) is 8. The van der Waals surface area contributed by atoms with E-state index in [1.807, 2.05) is 0 Å². The Morgan fingerprint density at radius 2 is 0.667 bits per heavy atom. The van der Waals surface area contributed by atoms with Crippen molar-refractivity contribution in [2.45, 2.75) is 0 Å². The molecule has 12 heteroatoms. The standard InChI is InChI=1S/2Ca.H4O4Si.O4Si/c;;2*1-5(2,3)4/h;;1-4H;/q2*+2;;-4. The van der Waals surface area contributed by atoms with Crippen LogP contribution in [-0.4, -0.2) is 113 Å². The van der Waals surface area contributed by atoms with E-state index in [1.165, 1.54) is 0 Å². The summed E-state index contributed by atoms with van der Waals surface area (Å²) in [4.78, 5) is 63.6. The minimum absolute atomic E-state index is 0. The topological polar surface area (TPSA) is 173 Å². The van der Waals surface area contributed by atoms with Crippen molar-refractivity contribution in [3.63, 3.8) is 0 Å². The Labute approximate surface area is 130 Å². The number of hydrogen-bond donors (Lipinski definition) is 4. The predicted octanol–water partition coefficient (Wildman–Crippen LogP) is -8.51. The van der Waals surface area contributed by atoms with Gasteiger partial charge in [-0.3, -0.25) is 0 Å². The van der Waals surface area contributed by atoms with E-state index in [-0.39, 0.29) is 75.5 Å². The Kier molecular flexibility index (Phi) is 20.4. The largest absolute Gasteiger partial charge is 2.00 e. The van der Waals surface area contributed by atoms with Crippen LogP contribution in [0.1, 0.15) is 0 Å². The fraction of sp³-hybridized carbons (Fsp3) is 0. The number of rotatable bonds is 0. The Morgan fingerprint density at radius 1 is 0.667 bits per heavy atom. The summed E-state index contributed by atoms with van der Waals surface area (Å²) in [6, 6.07) is 0. The molecule has 0 radical (unpaired) electrons. The summed E-state index contributed by atoms with van der Waals surface area (Å²) in [6.45, 7) is 0. The van der Waals surface area contributed by atoms with Gasteiger partial charge in [-0.1, -0.05) is 0 Å². The van der Waals surface area contributed by atoms with Crippen molar-refractivity contribution in [3.8, 4) is 0 Å². The average Bonchev–Trinajstić information content (AvgIpc) is 1.12. The van der Waals surface area contributed by atoms with E-state index in [9.17, 15) is 0 Å². The van der Waals surface area contributed by atoms with Gasteiger partial charge < -0.3 is 47.4 Å². The molecule has 0 aromatic carbocycles. The first-order valence-electron chi connectivity index (χ1n) is 1.71. The summed E-state index contributed by atoms with van der Waals surface area (Å²) in [7, 11) is -10.2. The molecule has 0 saturated carbocycles. The molecule has 0 heterocycles. The van der Waals surface area contributed by atoms with Crippen LogP contribution in [0.25, 0.3) is 0 Å². The summed E-state index contributed by atoms with van der Waals surface area (Å²) >= 11 is 0. The van der Waals surface area contributed by atoms with Gasteiger partial charge in [-0.2, -0.15) is 0 Å². The van der Waals surface area contributed by atoms with Crippen LogP contribution >= 0.6 is 0 Å². The molecule has 0 fully saturated rings. The molecule has 0 aromatic rings. The minimum atomic E-state index is -5.61. The first-order chi connectivity index (χ1) is 4.00. The van der Waals surface area contributed by atoms with Crippen LogP contribution in [0.5, 0.6) is 0 Å². The van der Waals surface area contributed by atoms with E-state index < -0.39 is 18.1 Å². The van der Waals surface area contributed by atoms with Crippen molar-refractivity contribution in [2.24, 2.45) is 0 Å². The first-order valence-corrected chi connectivity index (χ1v) is 5.13. The molecule has 0 bridgehead atoms. The fourth-order valence-corrected chi connectivity index (χ4v) is 0. The molecular formula is H4Ca2O8Si2. The molecule has 0 unspecified atom stereocenters. The van der Waals surface area contributed by atoms with Gasteiger partial charge in [0.2, 0.25) is 0 Å². The Hall–Kier alpha value is 2.63. The quantitative estimate of drug-likeness (QED) is 0.313. The van der Waals surface area contributed by atoms with E-state index in [0.717, 1.165) is 0 Å². The molecule has 8 nitrogen and oxygen atoms in total. The summed E-state index contributed by atoms with van der Waals surface area (Å²) in [5.41, 5.74) is 0. The van der Waals surface area contributed by atoms with Gasteiger partial charge in [0.15, 0.2) is 0 Å². The molecule has 0 saturated heterocycles. The van der Waals surface area contributed by atoms with Crippen molar-refractivity contribution in [3.05, 3.63) is 0 Å². The molecule has 0 rings (SSSR count). The molecule has 4 N–H and O–H groups in total. The van der Waals surface area contributed by atoms with Crippen molar-refractivity contribution >= 4 is 93.6 Å². The third kappa shape index (κ3) is 247. The maximum atomic E-state index is 8.58. The van der Waals surface area contributed by atoms with E-state index in [4.69, 9.17) is 38.4 Å². The van der Waals surface area contributed by atoms with E-state index in [1.54, 1.807) is 0 Å². The zero-order valence-corrected chi connectivity index (χ0v) is 12.3. The van der Waals surface area contributed by atoms with Gasteiger partial charge in [0.1, 0.15) is 0 Å².